The van der Waals surface area contributed by atoms with Crippen molar-refractivity contribution < 1.29 is 4.74 Å². The minimum atomic E-state index is 0.213. The molecule has 0 radical (unpaired) electrons. The van der Waals surface area contributed by atoms with Gasteiger partial charge in [-0.05, 0) is 33.9 Å². The van der Waals surface area contributed by atoms with E-state index in [-0.39, 0.29) is 6.04 Å². The Balaban J connectivity index is 1.91. The van der Waals surface area contributed by atoms with Crippen molar-refractivity contribution in [3.05, 3.63) is 18.0 Å². The van der Waals surface area contributed by atoms with Gasteiger partial charge in [-0.2, -0.15) is 5.10 Å². The van der Waals surface area contributed by atoms with Crippen LogP contribution in [0.5, 0.6) is 0 Å². The minimum Gasteiger partial charge on any atom is -0.383 e. The highest BCUT2D eigenvalue weighted by molar-refractivity contribution is 5.80. The van der Waals surface area contributed by atoms with Crippen LogP contribution < -0.4 is 10.6 Å². The maximum absolute atomic E-state index is 5.18. The summed E-state index contributed by atoms with van der Waals surface area (Å²) in [6.45, 7) is 7.70. The molecule has 0 aliphatic carbocycles. The fourth-order valence-electron chi connectivity index (χ4n) is 3.39. The highest BCUT2D eigenvalue weighted by Crippen LogP contribution is 2.17. The summed E-state index contributed by atoms with van der Waals surface area (Å²) >= 11 is 0. The molecule has 0 aromatic carbocycles. The lowest BCUT2D eigenvalue weighted by molar-refractivity contribution is 0.128. The Hall–Kier alpha value is -1.64. The Morgan fingerprint density at radius 1 is 1.41 bits per heavy atom. The topological polar surface area (TPSA) is 70.0 Å². The van der Waals surface area contributed by atoms with E-state index in [1.54, 1.807) is 7.11 Å². The van der Waals surface area contributed by atoms with Crippen molar-refractivity contribution in [1.82, 2.24) is 30.2 Å². The molecule has 0 spiro atoms. The number of hydrogen-bond acceptors (Lipinski definition) is 5. The first-order valence-corrected chi connectivity index (χ1v) is 9.94. The molecule has 154 valence electrons. The van der Waals surface area contributed by atoms with Gasteiger partial charge in [0.1, 0.15) is 0 Å². The van der Waals surface area contributed by atoms with Crippen molar-refractivity contribution in [2.24, 2.45) is 12.0 Å². The third kappa shape index (κ3) is 7.12. The molecule has 2 heterocycles. The van der Waals surface area contributed by atoms with Crippen LogP contribution in [0.15, 0.2) is 17.4 Å². The first kappa shape index (κ1) is 21.7. The van der Waals surface area contributed by atoms with E-state index in [2.05, 4.69) is 52.7 Å². The number of aromatic nitrogens is 2. The van der Waals surface area contributed by atoms with Crippen molar-refractivity contribution in [2.45, 2.75) is 31.8 Å². The van der Waals surface area contributed by atoms with E-state index in [0.717, 1.165) is 51.6 Å². The average molecular weight is 380 g/mol. The van der Waals surface area contributed by atoms with Gasteiger partial charge in [0.25, 0.3) is 0 Å². The Morgan fingerprint density at radius 3 is 2.70 bits per heavy atom. The fraction of sp³-hybridized carbons (Fsp3) is 0.789. The smallest absolute Gasteiger partial charge is 0.191 e. The zero-order chi connectivity index (χ0) is 19.6. The van der Waals surface area contributed by atoms with E-state index in [1.807, 2.05) is 17.9 Å². The molecular formula is C19H37N7O. The van der Waals surface area contributed by atoms with E-state index < -0.39 is 0 Å². The summed E-state index contributed by atoms with van der Waals surface area (Å²) < 4.78 is 7.03. The maximum Gasteiger partial charge on any atom is 0.191 e. The molecule has 8 nitrogen and oxygen atoms in total. The Labute approximate surface area is 164 Å². The third-order valence-electron chi connectivity index (χ3n) is 5.04. The van der Waals surface area contributed by atoms with Gasteiger partial charge in [0.05, 0.1) is 25.4 Å². The molecule has 1 saturated heterocycles. The second-order valence-electron chi connectivity index (χ2n) is 7.40. The molecule has 1 aromatic rings. The molecule has 2 rings (SSSR count). The Morgan fingerprint density at radius 2 is 2.15 bits per heavy atom. The van der Waals surface area contributed by atoms with Crippen LogP contribution in [0.2, 0.25) is 0 Å². The molecule has 0 bridgehead atoms. The van der Waals surface area contributed by atoms with Gasteiger partial charge in [0.2, 0.25) is 0 Å². The Bertz CT molecular complexity index is 564. The highest BCUT2D eigenvalue weighted by Gasteiger charge is 2.20. The van der Waals surface area contributed by atoms with Gasteiger partial charge < -0.3 is 25.2 Å². The van der Waals surface area contributed by atoms with Crippen LogP contribution in [-0.2, 0) is 11.8 Å². The van der Waals surface area contributed by atoms with Crippen LogP contribution in [-0.4, -0.2) is 92.1 Å². The van der Waals surface area contributed by atoms with E-state index in [1.165, 1.54) is 5.56 Å². The molecule has 0 saturated carbocycles. The number of nitrogens with one attached hydrogen (secondary N) is 2. The monoisotopic (exact) mass is 379 g/mol. The zero-order valence-electron chi connectivity index (χ0n) is 17.6. The summed E-state index contributed by atoms with van der Waals surface area (Å²) in [7, 11) is 7.89. The van der Waals surface area contributed by atoms with Crippen LogP contribution in [0.25, 0.3) is 0 Å². The van der Waals surface area contributed by atoms with Crippen LogP contribution in [0.4, 0.5) is 0 Å². The maximum atomic E-state index is 5.18. The predicted molar refractivity (Wildman–Crippen MR) is 110 cm³/mol. The number of methoxy groups -OCH3 is 1. The predicted octanol–water partition coefficient (Wildman–Crippen LogP) is 0.689. The lowest BCUT2D eigenvalue weighted by Crippen LogP contribution is -2.49. The summed E-state index contributed by atoms with van der Waals surface area (Å²) in [5, 5.41) is 11.3. The molecule has 0 amide bonds. The number of rotatable bonds is 9. The van der Waals surface area contributed by atoms with E-state index in [9.17, 15) is 0 Å². The van der Waals surface area contributed by atoms with Gasteiger partial charge in [-0.1, -0.05) is 0 Å². The number of nitrogens with zero attached hydrogens (tertiary/aromatic N) is 5. The van der Waals surface area contributed by atoms with Gasteiger partial charge in [-0.15, -0.1) is 0 Å². The quantitative estimate of drug-likeness (QED) is 0.486. The first-order valence-electron chi connectivity index (χ1n) is 9.94. The Kier molecular flexibility index (Phi) is 9.03. The normalized spacial score (nSPS) is 18.1. The van der Waals surface area contributed by atoms with E-state index >= 15 is 0 Å². The summed E-state index contributed by atoms with van der Waals surface area (Å²) in [5.41, 5.74) is 1.19. The van der Waals surface area contributed by atoms with Gasteiger partial charge in [-0.3, -0.25) is 9.67 Å². The number of piperidine rings is 1. The van der Waals surface area contributed by atoms with Gasteiger partial charge in [-0.25, -0.2) is 0 Å². The summed E-state index contributed by atoms with van der Waals surface area (Å²) in [6.07, 6.45) is 6.26. The molecule has 8 heteroatoms. The second kappa shape index (κ2) is 11.3. The molecule has 1 aliphatic rings. The number of ether oxygens (including phenoxy) is 1. The number of aliphatic imine (C=N–C) groups is 1. The van der Waals surface area contributed by atoms with Crippen molar-refractivity contribution in [3.63, 3.8) is 0 Å². The molecule has 27 heavy (non-hydrogen) atoms. The molecule has 2 N–H and O–H groups in total. The molecule has 1 unspecified atom stereocenters. The van der Waals surface area contributed by atoms with Crippen LogP contribution in [0, 0.1) is 0 Å². The van der Waals surface area contributed by atoms with Gasteiger partial charge >= 0.3 is 0 Å². The minimum absolute atomic E-state index is 0.213. The number of guanidine groups is 1. The standard InChI is InChI=1S/C19H37N7O/c1-6-20-19(23-17-7-9-26(10-8-17)11-12-27-5)21-14-18(24(2)3)16-13-22-25(4)15-16/h13,15,17-18H,6-12,14H2,1-5H3,(H2,20,21,23). The molecule has 1 fully saturated rings. The zero-order valence-corrected chi connectivity index (χ0v) is 17.6. The van der Waals surface area contributed by atoms with Crippen LogP contribution in [0.1, 0.15) is 31.4 Å². The van der Waals surface area contributed by atoms with Crippen molar-refractivity contribution >= 4 is 5.96 Å². The third-order valence-corrected chi connectivity index (χ3v) is 5.04. The summed E-state index contributed by atoms with van der Waals surface area (Å²) in [4.78, 5) is 9.53. The molecule has 1 aliphatic heterocycles. The van der Waals surface area contributed by atoms with Crippen molar-refractivity contribution in [1.29, 1.82) is 0 Å². The molecule has 1 atom stereocenters. The molecular weight excluding hydrogens is 342 g/mol. The lowest BCUT2D eigenvalue weighted by atomic mass is 10.1. The van der Waals surface area contributed by atoms with Gasteiger partial charge in [0.15, 0.2) is 5.96 Å². The number of likely N-dealkylation sites (N-methyl/N-ethyl adjacent to an activating group) is 1. The largest absolute Gasteiger partial charge is 0.383 e. The van der Waals surface area contributed by atoms with Crippen molar-refractivity contribution in [3.8, 4) is 0 Å². The summed E-state index contributed by atoms with van der Waals surface area (Å²) in [5.74, 6) is 0.906. The SMILES string of the molecule is CCNC(=NCC(c1cnn(C)c1)N(C)C)NC1CCN(CCOC)CC1. The van der Waals surface area contributed by atoms with Gasteiger partial charge in [0, 0.05) is 58.1 Å². The van der Waals surface area contributed by atoms with Crippen molar-refractivity contribution in [2.75, 3.05) is 60.5 Å². The molecule has 1 aromatic heterocycles. The number of aryl methyl sites for hydroxylation is 1. The summed E-state index contributed by atoms with van der Waals surface area (Å²) in [6, 6.07) is 0.683. The van der Waals surface area contributed by atoms with E-state index in [4.69, 9.17) is 9.73 Å². The fourth-order valence-corrected chi connectivity index (χ4v) is 3.39. The lowest BCUT2D eigenvalue weighted by Gasteiger charge is -2.33. The second-order valence-corrected chi connectivity index (χ2v) is 7.40. The average Bonchev–Trinajstić information content (AvgIpc) is 3.07. The van der Waals surface area contributed by atoms with E-state index in [0.29, 0.717) is 12.6 Å². The highest BCUT2D eigenvalue weighted by atomic mass is 16.5. The van der Waals surface area contributed by atoms with Crippen LogP contribution in [0.3, 0.4) is 0 Å². The number of hydrogen-bond donors (Lipinski definition) is 2. The number of likely N-dealkylation sites (tertiary alicyclic amines) is 1. The first-order chi connectivity index (χ1) is 13.0. The van der Waals surface area contributed by atoms with Crippen LogP contribution >= 0.6 is 0 Å².